The third-order valence-corrected chi connectivity index (χ3v) is 7.10. The van der Waals surface area contributed by atoms with Gasteiger partial charge in [-0.25, -0.2) is 23.4 Å². The number of aromatic nitrogens is 4. The average Bonchev–Trinajstić information content (AvgIpc) is 3.45. The molecule has 1 saturated heterocycles. The van der Waals surface area contributed by atoms with Gasteiger partial charge < -0.3 is 20.7 Å². The number of ether oxygens (including phenoxy) is 1. The Hall–Kier alpha value is -4.70. The molecule has 1 fully saturated rings. The number of hydrogen-bond donors (Lipinski definition) is 2. The van der Waals surface area contributed by atoms with Crippen molar-refractivity contribution in [2.75, 3.05) is 30.4 Å². The molecule has 3 aromatic heterocycles. The fraction of sp³-hybridized carbons (Fsp3) is 0.286. The first-order chi connectivity index (χ1) is 19.7. The van der Waals surface area contributed by atoms with Gasteiger partial charge in [-0.05, 0) is 24.5 Å². The smallest absolute Gasteiger partial charge is 0.333 e. The third kappa shape index (κ3) is 5.64. The van der Waals surface area contributed by atoms with Crippen LogP contribution in [0.1, 0.15) is 25.5 Å². The number of benzene rings is 1. The molecule has 0 unspecified atom stereocenters. The summed E-state index contributed by atoms with van der Waals surface area (Å²) in [6, 6.07) is 8.30. The predicted octanol–water partition coefficient (Wildman–Crippen LogP) is 5.48. The number of pyridine rings is 2. The Balaban J connectivity index is 1.55. The second kappa shape index (κ2) is 11.4. The number of halogens is 4. The van der Waals surface area contributed by atoms with E-state index >= 15 is 0 Å². The zero-order chi connectivity index (χ0) is 29.3. The summed E-state index contributed by atoms with van der Waals surface area (Å²) in [7, 11) is 1.26. The number of rotatable bonds is 7. The minimum atomic E-state index is -2.79. The molecule has 1 aromatic carbocycles. The molecule has 9 nitrogen and oxygen atoms in total. The van der Waals surface area contributed by atoms with Crippen LogP contribution in [-0.2, 0) is 0 Å². The van der Waals surface area contributed by atoms with E-state index in [1.807, 2.05) is 6.07 Å². The highest BCUT2D eigenvalue weighted by Gasteiger charge is 2.26. The van der Waals surface area contributed by atoms with Crippen LogP contribution in [0.4, 0.5) is 34.9 Å². The van der Waals surface area contributed by atoms with Crippen LogP contribution in [0.5, 0.6) is 5.75 Å². The van der Waals surface area contributed by atoms with Gasteiger partial charge in [-0.15, -0.1) is 0 Å². The molecule has 0 radical (unpaired) electrons. The summed E-state index contributed by atoms with van der Waals surface area (Å²) < 4.78 is 60.9. The zero-order valence-electron chi connectivity index (χ0n) is 22.2. The third-order valence-electron chi connectivity index (χ3n) is 7.10. The Kier molecular flexibility index (Phi) is 7.76. The number of nitrogens with zero attached hydrogens (tertiary/aromatic N) is 6. The van der Waals surface area contributed by atoms with Gasteiger partial charge in [0.1, 0.15) is 35.1 Å². The largest absolute Gasteiger partial charge is 0.496 e. The van der Waals surface area contributed by atoms with E-state index in [1.165, 1.54) is 31.6 Å². The monoisotopic (exact) mass is 566 g/mol. The number of nitrogens with two attached hydrogens (primary N) is 1. The van der Waals surface area contributed by atoms with E-state index in [1.54, 1.807) is 12.3 Å². The van der Waals surface area contributed by atoms with Crippen LogP contribution in [-0.4, -0.2) is 46.0 Å². The molecule has 13 heteroatoms. The molecular weight excluding hydrogens is 540 g/mol. The van der Waals surface area contributed by atoms with Gasteiger partial charge in [0.25, 0.3) is 0 Å². The number of anilines is 3. The van der Waals surface area contributed by atoms with E-state index in [-0.39, 0.29) is 34.4 Å². The van der Waals surface area contributed by atoms with Gasteiger partial charge in [-0.3, -0.25) is 0 Å². The maximum absolute atomic E-state index is 14.9. The van der Waals surface area contributed by atoms with Gasteiger partial charge >= 0.3 is 6.55 Å². The SMILES string of the molecule is COc1cc(F)cc(F)c1-c1nc(Nc2cc(N3CC[C@@H](C)[C@H](N)C3)c(-c3cnn(C(F)F)c3)cn2)ccc1C#N. The van der Waals surface area contributed by atoms with Gasteiger partial charge in [-0.1, -0.05) is 6.92 Å². The lowest BCUT2D eigenvalue weighted by Gasteiger charge is -2.37. The standard InChI is InChI=1S/C28H26F4N8O/c1-15-5-6-39(14-21(15)34)22-9-25(35-12-19(22)17-11-36-40(13-17)28(31)32)37-24-4-3-16(10-33)27(38-24)26-20(30)7-18(29)8-23(26)41-2/h3-4,7-9,11-13,15,21,28H,5-6,14,34H2,1-2H3,(H,35,37,38)/t15-,21-/m1/s1. The molecule has 1 aliphatic heterocycles. The maximum Gasteiger partial charge on any atom is 0.333 e. The second-order valence-electron chi connectivity index (χ2n) is 9.74. The van der Waals surface area contributed by atoms with E-state index in [0.29, 0.717) is 52.4 Å². The molecule has 0 bridgehead atoms. The van der Waals surface area contributed by atoms with Crippen molar-refractivity contribution in [2.45, 2.75) is 25.9 Å². The first-order valence-electron chi connectivity index (χ1n) is 12.7. The molecule has 1 aliphatic rings. The number of nitrogens with one attached hydrogen (secondary N) is 1. The van der Waals surface area contributed by atoms with Gasteiger partial charge in [0.2, 0.25) is 0 Å². The Bertz CT molecular complexity index is 1620. The number of nitriles is 1. The Morgan fingerprint density at radius 1 is 1.17 bits per heavy atom. The number of methoxy groups -OCH3 is 1. The Labute approximate surface area is 233 Å². The quantitative estimate of drug-likeness (QED) is 0.283. The van der Waals surface area contributed by atoms with Gasteiger partial charge in [0.15, 0.2) is 0 Å². The summed E-state index contributed by atoms with van der Waals surface area (Å²) in [5.74, 6) is -0.988. The molecule has 4 heterocycles. The molecule has 212 valence electrons. The topological polar surface area (TPSA) is 118 Å². The van der Waals surface area contributed by atoms with Crippen molar-refractivity contribution < 1.29 is 22.3 Å². The molecule has 4 aromatic rings. The molecular formula is C28H26F4N8O. The number of alkyl halides is 2. The van der Waals surface area contributed by atoms with Crippen molar-refractivity contribution in [1.29, 1.82) is 5.26 Å². The molecule has 5 rings (SSSR count). The molecule has 0 spiro atoms. The first kappa shape index (κ1) is 27.9. The lowest BCUT2D eigenvalue weighted by Crippen LogP contribution is -2.47. The van der Waals surface area contributed by atoms with Crippen LogP contribution in [0.25, 0.3) is 22.4 Å². The van der Waals surface area contributed by atoms with E-state index < -0.39 is 18.2 Å². The van der Waals surface area contributed by atoms with Gasteiger partial charge in [-0.2, -0.15) is 19.1 Å². The van der Waals surface area contributed by atoms with Crippen LogP contribution in [0.2, 0.25) is 0 Å². The fourth-order valence-corrected chi connectivity index (χ4v) is 4.78. The second-order valence-corrected chi connectivity index (χ2v) is 9.74. The minimum absolute atomic E-state index is 0.0425. The highest BCUT2D eigenvalue weighted by molar-refractivity contribution is 5.80. The van der Waals surface area contributed by atoms with Crippen LogP contribution < -0.4 is 20.7 Å². The van der Waals surface area contributed by atoms with Crippen molar-refractivity contribution in [3.63, 3.8) is 0 Å². The van der Waals surface area contributed by atoms with Crippen molar-refractivity contribution in [2.24, 2.45) is 11.7 Å². The summed E-state index contributed by atoms with van der Waals surface area (Å²) in [6.07, 6.45) is 4.99. The highest BCUT2D eigenvalue weighted by Crippen LogP contribution is 2.37. The summed E-state index contributed by atoms with van der Waals surface area (Å²) in [6.45, 7) is 0.537. The zero-order valence-corrected chi connectivity index (χ0v) is 22.2. The molecule has 3 N–H and O–H groups in total. The summed E-state index contributed by atoms with van der Waals surface area (Å²) in [5, 5.41) is 16.5. The predicted molar refractivity (Wildman–Crippen MR) is 145 cm³/mol. The fourth-order valence-electron chi connectivity index (χ4n) is 4.78. The molecule has 2 atom stereocenters. The van der Waals surface area contributed by atoms with Gasteiger partial charge in [0.05, 0.1) is 30.1 Å². The normalized spacial score (nSPS) is 17.0. The van der Waals surface area contributed by atoms with Crippen LogP contribution in [0.15, 0.2) is 48.9 Å². The van der Waals surface area contributed by atoms with Crippen LogP contribution in [0.3, 0.4) is 0 Å². The average molecular weight is 567 g/mol. The molecule has 0 saturated carbocycles. The number of piperidine rings is 1. The summed E-state index contributed by atoms with van der Waals surface area (Å²) in [4.78, 5) is 11.0. The lowest BCUT2D eigenvalue weighted by molar-refractivity contribution is 0.0566. The van der Waals surface area contributed by atoms with Crippen molar-refractivity contribution in [3.05, 3.63) is 66.1 Å². The minimum Gasteiger partial charge on any atom is -0.496 e. The molecule has 0 aliphatic carbocycles. The number of hydrogen-bond acceptors (Lipinski definition) is 8. The van der Waals surface area contributed by atoms with E-state index in [0.717, 1.165) is 12.5 Å². The Morgan fingerprint density at radius 3 is 2.66 bits per heavy atom. The summed E-state index contributed by atoms with van der Waals surface area (Å²) in [5.41, 5.74) is 7.97. The molecule has 0 amide bonds. The van der Waals surface area contributed by atoms with Crippen molar-refractivity contribution in [3.8, 4) is 34.2 Å². The molecule has 41 heavy (non-hydrogen) atoms. The Morgan fingerprint density at radius 2 is 1.98 bits per heavy atom. The van der Waals surface area contributed by atoms with E-state index in [2.05, 4.69) is 32.2 Å². The van der Waals surface area contributed by atoms with Crippen LogP contribution >= 0.6 is 0 Å². The van der Waals surface area contributed by atoms with Crippen molar-refractivity contribution in [1.82, 2.24) is 19.7 Å². The van der Waals surface area contributed by atoms with Gasteiger partial charge in [0, 0.05) is 66.5 Å². The lowest BCUT2D eigenvalue weighted by atomic mass is 9.93. The van der Waals surface area contributed by atoms with E-state index in [9.17, 15) is 22.8 Å². The highest BCUT2D eigenvalue weighted by atomic mass is 19.3. The van der Waals surface area contributed by atoms with Crippen molar-refractivity contribution >= 4 is 17.3 Å². The van der Waals surface area contributed by atoms with Crippen LogP contribution in [0, 0.1) is 28.9 Å². The first-order valence-corrected chi connectivity index (χ1v) is 12.7. The summed E-state index contributed by atoms with van der Waals surface area (Å²) >= 11 is 0. The maximum atomic E-state index is 14.9. The van der Waals surface area contributed by atoms with E-state index in [4.69, 9.17) is 10.5 Å².